The largest absolute Gasteiger partial charge is 0.506 e. The van der Waals surface area contributed by atoms with Crippen LogP contribution in [0.3, 0.4) is 0 Å². The molecule has 0 unspecified atom stereocenters. The van der Waals surface area contributed by atoms with Gasteiger partial charge in [-0.1, -0.05) is 32.6 Å². The molecule has 1 N–H and O–H groups in total. The van der Waals surface area contributed by atoms with Crippen LogP contribution in [0.2, 0.25) is 0 Å². The van der Waals surface area contributed by atoms with Gasteiger partial charge in [-0.3, -0.25) is 0 Å². The quantitative estimate of drug-likeness (QED) is 0.226. The highest BCUT2D eigenvalue weighted by atomic mass is 79.9. The zero-order chi connectivity index (χ0) is 22.1. The number of hydrogen-bond donors (Lipinski definition) is 1. The lowest BCUT2D eigenvalue weighted by Crippen LogP contribution is -2.19. The Balaban J connectivity index is 2.09. The number of anilines is 1. The van der Waals surface area contributed by atoms with Crippen LogP contribution in [0.4, 0.5) is 18.9 Å². The topological polar surface area (TPSA) is 53.7 Å². The van der Waals surface area contributed by atoms with Gasteiger partial charge in [0.15, 0.2) is 0 Å². The van der Waals surface area contributed by atoms with Gasteiger partial charge in [-0.25, -0.2) is 4.79 Å². The van der Waals surface area contributed by atoms with Gasteiger partial charge in [0.25, 0.3) is 0 Å². The van der Waals surface area contributed by atoms with Crippen molar-refractivity contribution in [1.29, 1.82) is 0 Å². The number of nitrogens with zero attached hydrogens (tertiary/aromatic N) is 1. The highest BCUT2D eigenvalue weighted by Gasteiger charge is 2.31. The van der Waals surface area contributed by atoms with E-state index in [4.69, 9.17) is 4.42 Å². The standard InChI is InChI=1S/C22H23BrF3NO3/c1-3-4-5-6-7-10-27(2)16-12-17-18(20(28)19(16)23)15-11-13(22(24,25)26)8-9-14(15)21(29)30-17/h8-9,11-12,28H,3-7,10H2,1-2H3. The lowest BCUT2D eigenvalue weighted by atomic mass is 10.0. The first kappa shape index (κ1) is 22.5. The molecule has 0 aliphatic heterocycles. The predicted octanol–water partition coefficient (Wildman–Crippen LogP) is 6.84. The van der Waals surface area contributed by atoms with E-state index in [-0.39, 0.29) is 27.5 Å². The average Bonchev–Trinajstić information content (AvgIpc) is 2.69. The van der Waals surface area contributed by atoms with E-state index in [1.54, 1.807) is 6.07 Å². The molecule has 8 heteroatoms. The molecule has 30 heavy (non-hydrogen) atoms. The molecule has 162 valence electrons. The van der Waals surface area contributed by atoms with Gasteiger partial charge in [0, 0.05) is 25.0 Å². The second-order valence-electron chi connectivity index (χ2n) is 7.41. The monoisotopic (exact) mass is 485 g/mol. The Kier molecular flexibility index (Phi) is 6.65. The molecule has 0 atom stereocenters. The molecular formula is C22H23BrF3NO3. The summed E-state index contributed by atoms with van der Waals surface area (Å²) in [6.45, 7) is 2.87. The zero-order valence-electron chi connectivity index (χ0n) is 16.8. The first-order valence-electron chi connectivity index (χ1n) is 9.85. The minimum absolute atomic E-state index is 0.00282. The van der Waals surface area contributed by atoms with E-state index in [0.717, 1.165) is 50.4 Å². The second-order valence-corrected chi connectivity index (χ2v) is 8.21. The third-order valence-electron chi connectivity index (χ3n) is 5.23. The van der Waals surface area contributed by atoms with Crippen molar-refractivity contribution in [2.45, 2.75) is 45.2 Å². The summed E-state index contributed by atoms with van der Waals surface area (Å²) in [7, 11) is 1.85. The van der Waals surface area contributed by atoms with Gasteiger partial charge in [0.05, 0.1) is 26.5 Å². The summed E-state index contributed by atoms with van der Waals surface area (Å²) >= 11 is 3.36. The summed E-state index contributed by atoms with van der Waals surface area (Å²) in [5.74, 6) is -0.256. The second kappa shape index (κ2) is 8.88. The molecule has 0 bridgehead atoms. The molecule has 4 nitrogen and oxygen atoms in total. The maximum Gasteiger partial charge on any atom is 0.416 e. The van der Waals surface area contributed by atoms with Gasteiger partial charge in [0.1, 0.15) is 11.3 Å². The molecule has 0 saturated carbocycles. The number of phenolic OH excluding ortho intramolecular Hbond substituents is 1. The molecule has 0 spiro atoms. The van der Waals surface area contributed by atoms with E-state index in [1.807, 2.05) is 11.9 Å². The molecule has 0 radical (unpaired) electrons. The molecule has 0 fully saturated rings. The zero-order valence-corrected chi connectivity index (χ0v) is 18.4. The van der Waals surface area contributed by atoms with Crippen molar-refractivity contribution in [3.8, 4) is 5.75 Å². The lowest BCUT2D eigenvalue weighted by Gasteiger charge is -2.22. The van der Waals surface area contributed by atoms with Gasteiger partial charge in [0.2, 0.25) is 0 Å². The third-order valence-corrected chi connectivity index (χ3v) is 6.01. The van der Waals surface area contributed by atoms with Crippen LogP contribution in [-0.2, 0) is 6.18 Å². The lowest BCUT2D eigenvalue weighted by molar-refractivity contribution is -0.137. The van der Waals surface area contributed by atoms with Crippen LogP contribution in [0.15, 0.2) is 37.9 Å². The van der Waals surface area contributed by atoms with E-state index >= 15 is 0 Å². The van der Waals surface area contributed by atoms with Gasteiger partial charge in [-0.2, -0.15) is 13.2 Å². The highest BCUT2D eigenvalue weighted by Crippen LogP contribution is 2.43. The molecule has 1 heterocycles. The molecule has 2 aromatic carbocycles. The van der Waals surface area contributed by atoms with E-state index in [0.29, 0.717) is 10.2 Å². The van der Waals surface area contributed by atoms with Crippen molar-refractivity contribution >= 4 is 43.4 Å². The number of phenols is 1. The fourth-order valence-electron chi connectivity index (χ4n) is 3.56. The summed E-state index contributed by atoms with van der Waals surface area (Å²) in [6.07, 6.45) is 0.956. The van der Waals surface area contributed by atoms with Crippen LogP contribution in [0.5, 0.6) is 5.75 Å². The Bertz CT molecular complexity index is 1120. The summed E-state index contributed by atoms with van der Waals surface area (Å²) in [4.78, 5) is 14.3. The summed E-state index contributed by atoms with van der Waals surface area (Å²) in [5, 5.41) is 10.9. The summed E-state index contributed by atoms with van der Waals surface area (Å²) < 4.78 is 45.2. The van der Waals surface area contributed by atoms with Gasteiger partial charge < -0.3 is 14.4 Å². The van der Waals surface area contributed by atoms with Crippen molar-refractivity contribution in [2.24, 2.45) is 0 Å². The van der Waals surface area contributed by atoms with Crippen molar-refractivity contribution in [3.05, 3.63) is 44.7 Å². The average molecular weight is 486 g/mol. The SMILES string of the molecule is CCCCCCCN(C)c1cc2oc(=O)c3ccc(C(F)(F)F)cc3c2c(O)c1Br. The Labute approximate surface area is 180 Å². The van der Waals surface area contributed by atoms with E-state index < -0.39 is 17.4 Å². The minimum Gasteiger partial charge on any atom is -0.506 e. The molecule has 0 aliphatic rings. The van der Waals surface area contributed by atoms with Crippen LogP contribution in [0, 0.1) is 0 Å². The normalized spacial score (nSPS) is 12.1. The van der Waals surface area contributed by atoms with Crippen LogP contribution in [0.1, 0.15) is 44.6 Å². The Morgan fingerprint density at radius 2 is 1.80 bits per heavy atom. The Hall–Kier alpha value is -2.22. The maximum absolute atomic E-state index is 13.2. The number of rotatable bonds is 7. The number of halogens is 4. The predicted molar refractivity (Wildman–Crippen MR) is 116 cm³/mol. The molecule has 0 aliphatic carbocycles. The van der Waals surface area contributed by atoms with Gasteiger partial charge in [-0.05, 0) is 40.5 Å². The van der Waals surface area contributed by atoms with E-state index in [1.165, 1.54) is 6.42 Å². The molecular weight excluding hydrogens is 463 g/mol. The van der Waals surface area contributed by atoms with Crippen molar-refractivity contribution < 1.29 is 22.7 Å². The van der Waals surface area contributed by atoms with Crippen LogP contribution < -0.4 is 10.5 Å². The first-order valence-corrected chi connectivity index (χ1v) is 10.6. The molecule has 0 amide bonds. The van der Waals surface area contributed by atoms with Crippen LogP contribution >= 0.6 is 15.9 Å². The van der Waals surface area contributed by atoms with Crippen LogP contribution in [0.25, 0.3) is 21.7 Å². The fourth-order valence-corrected chi connectivity index (χ4v) is 4.17. The summed E-state index contributed by atoms with van der Waals surface area (Å²) in [5.41, 5.74) is -1.00. The molecule has 1 aromatic heterocycles. The third kappa shape index (κ3) is 4.43. The fraction of sp³-hybridized carbons (Fsp3) is 0.409. The number of unbranched alkanes of at least 4 members (excludes halogenated alkanes) is 4. The number of hydrogen-bond acceptors (Lipinski definition) is 4. The molecule has 0 saturated heterocycles. The number of aromatic hydroxyl groups is 1. The van der Waals surface area contributed by atoms with Crippen molar-refractivity contribution in [2.75, 3.05) is 18.5 Å². The number of fused-ring (bicyclic) bond motifs is 3. The van der Waals surface area contributed by atoms with Crippen molar-refractivity contribution in [1.82, 2.24) is 0 Å². The number of alkyl halides is 3. The highest BCUT2D eigenvalue weighted by molar-refractivity contribution is 9.10. The van der Waals surface area contributed by atoms with Gasteiger partial charge >= 0.3 is 11.8 Å². The smallest absolute Gasteiger partial charge is 0.416 e. The first-order chi connectivity index (χ1) is 14.1. The Morgan fingerprint density at radius 1 is 1.10 bits per heavy atom. The van der Waals surface area contributed by atoms with Crippen molar-refractivity contribution in [3.63, 3.8) is 0 Å². The van der Waals surface area contributed by atoms with Gasteiger partial charge in [-0.15, -0.1) is 0 Å². The number of benzene rings is 2. The van der Waals surface area contributed by atoms with E-state index in [2.05, 4.69) is 22.9 Å². The summed E-state index contributed by atoms with van der Waals surface area (Å²) in [6, 6.07) is 4.36. The minimum atomic E-state index is -4.57. The maximum atomic E-state index is 13.2. The molecule has 3 rings (SSSR count). The Morgan fingerprint density at radius 3 is 2.47 bits per heavy atom. The molecule has 3 aromatic rings. The van der Waals surface area contributed by atoms with Crippen LogP contribution in [-0.4, -0.2) is 18.7 Å². The van der Waals surface area contributed by atoms with E-state index in [9.17, 15) is 23.1 Å².